The van der Waals surface area contributed by atoms with E-state index in [1.165, 1.54) is 12.8 Å². The third-order valence-corrected chi connectivity index (χ3v) is 4.13. The standard InChI is InChI=1S/C17H26N2O2.ClH/c1-14(20)16-5-3-4-6-17(16)21-12-11-19-9-7-15(8-10-19)13-18-2;/h3-6,15,18H,7-13H2,1-2H3;1H. The van der Waals surface area contributed by atoms with Crippen LogP contribution in [0.25, 0.3) is 0 Å². The minimum atomic E-state index is 0. The maximum absolute atomic E-state index is 11.5. The number of carbonyl (C=O) groups is 1. The highest BCUT2D eigenvalue weighted by atomic mass is 35.5. The Hall–Kier alpha value is -1.10. The molecule has 0 amide bonds. The molecule has 0 spiro atoms. The molecule has 22 heavy (non-hydrogen) atoms. The van der Waals surface area contributed by atoms with Crippen molar-refractivity contribution in [3.8, 4) is 5.75 Å². The number of benzene rings is 1. The summed E-state index contributed by atoms with van der Waals surface area (Å²) in [5, 5.41) is 3.26. The van der Waals surface area contributed by atoms with Gasteiger partial charge in [0.25, 0.3) is 0 Å². The van der Waals surface area contributed by atoms with Gasteiger partial charge in [0.1, 0.15) is 12.4 Å². The maximum Gasteiger partial charge on any atom is 0.163 e. The fourth-order valence-electron chi connectivity index (χ4n) is 2.87. The van der Waals surface area contributed by atoms with Crippen LogP contribution in [0.4, 0.5) is 0 Å². The molecule has 1 saturated heterocycles. The molecule has 1 aromatic carbocycles. The van der Waals surface area contributed by atoms with Crippen LogP contribution in [0.2, 0.25) is 0 Å². The summed E-state index contributed by atoms with van der Waals surface area (Å²) in [5.41, 5.74) is 0.672. The van der Waals surface area contributed by atoms with Crippen molar-refractivity contribution < 1.29 is 9.53 Å². The third kappa shape index (κ3) is 5.59. The van der Waals surface area contributed by atoms with Gasteiger partial charge < -0.3 is 10.1 Å². The molecule has 1 heterocycles. The Labute approximate surface area is 139 Å². The monoisotopic (exact) mass is 326 g/mol. The van der Waals surface area contributed by atoms with Gasteiger partial charge in [0.05, 0.1) is 5.56 Å². The number of nitrogens with zero attached hydrogens (tertiary/aromatic N) is 1. The first-order valence-corrected chi connectivity index (χ1v) is 7.80. The van der Waals surface area contributed by atoms with Crippen LogP contribution in [0.15, 0.2) is 24.3 Å². The number of ether oxygens (including phenoxy) is 1. The van der Waals surface area contributed by atoms with Crippen LogP contribution >= 0.6 is 12.4 Å². The van der Waals surface area contributed by atoms with Crippen molar-refractivity contribution in [2.24, 2.45) is 5.92 Å². The average molecular weight is 327 g/mol. The summed E-state index contributed by atoms with van der Waals surface area (Å²) < 4.78 is 5.80. The number of nitrogens with one attached hydrogen (secondary N) is 1. The Bertz CT molecular complexity index is 460. The zero-order chi connectivity index (χ0) is 15.1. The van der Waals surface area contributed by atoms with Gasteiger partial charge in [-0.15, -0.1) is 12.4 Å². The number of hydrogen-bond acceptors (Lipinski definition) is 4. The number of likely N-dealkylation sites (tertiary alicyclic amines) is 1. The number of piperidine rings is 1. The van der Waals surface area contributed by atoms with Crippen molar-refractivity contribution >= 4 is 18.2 Å². The number of para-hydroxylation sites is 1. The molecule has 0 aromatic heterocycles. The van der Waals surface area contributed by atoms with Gasteiger partial charge in [-0.25, -0.2) is 0 Å². The lowest BCUT2D eigenvalue weighted by Gasteiger charge is -2.31. The largest absolute Gasteiger partial charge is 0.491 e. The van der Waals surface area contributed by atoms with Gasteiger partial charge >= 0.3 is 0 Å². The molecule has 0 saturated carbocycles. The molecule has 0 atom stereocenters. The fraction of sp³-hybridized carbons (Fsp3) is 0.588. The van der Waals surface area contributed by atoms with E-state index in [0.29, 0.717) is 17.9 Å². The van der Waals surface area contributed by atoms with Crippen LogP contribution in [0.3, 0.4) is 0 Å². The molecule has 1 N–H and O–H groups in total. The van der Waals surface area contributed by atoms with E-state index in [2.05, 4.69) is 10.2 Å². The van der Waals surface area contributed by atoms with E-state index in [0.717, 1.165) is 32.1 Å². The first kappa shape index (κ1) is 18.9. The SMILES string of the molecule is CNCC1CCN(CCOc2ccccc2C(C)=O)CC1.Cl. The lowest BCUT2D eigenvalue weighted by Crippen LogP contribution is -2.38. The number of carbonyl (C=O) groups excluding carboxylic acids is 1. The summed E-state index contributed by atoms with van der Waals surface area (Å²) in [5.74, 6) is 1.57. The molecular formula is C17H27ClN2O2. The van der Waals surface area contributed by atoms with Crippen molar-refractivity contribution in [2.45, 2.75) is 19.8 Å². The normalized spacial score (nSPS) is 16.1. The lowest BCUT2D eigenvalue weighted by molar-refractivity contribution is 0.101. The van der Waals surface area contributed by atoms with Gasteiger partial charge in [-0.2, -0.15) is 0 Å². The van der Waals surface area contributed by atoms with Crippen LogP contribution in [0, 0.1) is 5.92 Å². The predicted molar refractivity (Wildman–Crippen MR) is 92.3 cm³/mol. The highest BCUT2D eigenvalue weighted by Gasteiger charge is 2.18. The Morgan fingerprint density at radius 2 is 2.00 bits per heavy atom. The molecule has 0 unspecified atom stereocenters. The van der Waals surface area contributed by atoms with Gasteiger partial charge in [-0.05, 0) is 64.5 Å². The third-order valence-electron chi connectivity index (χ3n) is 4.13. The van der Waals surface area contributed by atoms with Crippen LogP contribution in [0.5, 0.6) is 5.75 Å². The quantitative estimate of drug-likeness (QED) is 0.782. The van der Waals surface area contributed by atoms with E-state index < -0.39 is 0 Å². The van der Waals surface area contributed by atoms with Gasteiger partial charge in [-0.3, -0.25) is 9.69 Å². The van der Waals surface area contributed by atoms with E-state index in [1.807, 2.05) is 31.3 Å². The van der Waals surface area contributed by atoms with Crippen LogP contribution in [-0.2, 0) is 0 Å². The minimum absolute atomic E-state index is 0. The summed E-state index contributed by atoms with van der Waals surface area (Å²) in [7, 11) is 2.02. The van der Waals surface area contributed by atoms with Crippen molar-refractivity contribution in [3.05, 3.63) is 29.8 Å². The predicted octanol–water partition coefficient (Wildman–Crippen LogP) is 2.62. The molecule has 2 rings (SSSR count). The second-order valence-corrected chi connectivity index (χ2v) is 5.74. The molecule has 1 fully saturated rings. The number of rotatable bonds is 7. The summed E-state index contributed by atoms with van der Waals surface area (Å²) in [6.07, 6.45) is 2.51. The number of ketones is 1. The van der Waals surface area contributed by atoms with Crippen LogP contribution in [0.1, 0.15) is 30.1 Å². The number of hydrogen-bond donors (Lipinski definition) is 1. The first-order valence-electron chi connectivity index (χ1n) is 7.80. The lowest BCUT2D eigenvalue weighted by atomic mass is 9.97. The Kier molecular flexibility index (Phi) is 8.46. The Morgan fingerprint density at radius 3 is 2.64 bits per heavy atom. The molecule has 0 aliphatic carbocycles. The highest BCUT2D eigenvalue weighted by molar-refractivity contribution is 5.96. The first-order chi connectivity index (χ1) is 10.2. The molecule has 124 valence electrons. The van der Waals surface area contributed by atoms with Gasteiger partial charge in [-0.1, -0.05) is 12.1 Å². The van der Waals surface area contributed by atoms with Crippen LogP contribution in [-0.4, -0.2) is 50.5 Å². The zero-order valence-corrected chi connectivity index (χ0v) is 14.3. The molecule has 1 aliphatic rings. The number of halogens is 1. The van der Waals surface area contributed by atoms with E-state index in [-0.39, 0.29) is 18.2 Å². The average Bonchev–Trinajstić information content (AvgIpc) is 2.50. The molecule has 0 radical (unpaired) electrons. The van der Waals surface area contributed by atoms with Crippen LogP contribution < -0.4 is 10.1 Å². The van der Waals surface area contributed by atoms with E-state index in [1.54, 1.807) is 6.92 Å². The van der Waals surface area contributed by atoms with E-state index in [4.69, 9.17) is 4.74 Å². The maximum atomic E-state index is 11.5. The second kappa shape index (κ2) is 9.82. The molecule has 5 heteroatoms. The highest BCUT2D eigenvalue weighted by Crippen LogP contribution is 2.19. The fourth-order valence-corrected chi connectivity index (χ4v) is 2.87. The van der Waals surface area contributed by atoms with Gasteiger partial charge in [0, 0.05) is 6.54 Å². The molecular weight excluding hydrogens is 300 g/mol. The minimum Gasteiger partial charge on any atom is -0.491 e. The summed E-state index contributed by atoms with van der Waals surface area (Å²) in [6, 6.07) is 7.47. The van der Waals surface area contributed by atoms with Gasteiger partial charge in [0.2, 0.25) is 0 Å². The molecule has 1 aliphatic heterocycles. The van der Waals surface area contributed by atoms with E-state index >= 15 is 0 Å². The second-order valence-electron chi connectivity index (χ2n) is 5.74. The Morgan fingerprint density at radius 1 is 1.32 bits per heavy atom. The van der Waals surface area contributed by atoms with Crippen molar-refractivity contribution in [1.29, 1.82) is 0 Å². The van der Waals surface area contributed by atoms with E-state index in [9.17, 15) is 4.79 Å². The Balaban J connectivity index is 0.00000242. The van der Waals surface area contributed by atoms with Crippen molar-refractivity contribution in [2.75, 3.05) is 39.8 Å². The summed E-state index contributed by atoms with van der Waals surface area (Å²) in [4.78, 5) is 14.0. The van der Waals surface area contributed by atoms with Crippen molar-refractivity contribution in [1.82, 2.24) is 10.2 Å². The molecule has 1 aromatic rings. The number of Topliss-reactive ketones (excluding diaryl/α,β-unsaturated/α-hetero) is 1. The topological polar surface area (TPSA) is 41.6 Å². The smallest absolute Gasteiger partial charge is 0.163 e. The zero-order valence-electron chi connectivity index (χ0n) is 13.5. The van der Waals surface area contributed by atoms with Crippen molar-refractivity contribution in [3.63, 3.8) is 0 Å². The summed E-state index contributed by atoms with van der Waals surface area (Å²) in [6.45, 7) is 6.55. The molecule has 0 bridgehead atoms. The summed E-state index contributed by atoms with van der Waals surface area (Å²) >= 11 is 0. The van der Waals surface area contributed by atoms with Gasteiger partial charge in [0.15, 0.2) is 5.78 Å². The molecule has 4 nitrogen and oxygen atoms in total.